The van der Waals surface area contributed by atoms with Crippen LogP contribution in [0.4, 0.5) is 0 Å². The van der Waals surface area contributed by atoms with Gasteiger partial charge in [-0.1, -0.05) is 6.92 Å². The summed E-state index contributed by atoms with van der Waals surface area (Å²) in [7, 11) is 0. The first-order valence-electron chi connectivity index (χ1n) is 5.16. The normalized spacial score (nSPS) is 11.8. The quantitative estimate of drug-likeness (QED) is 0.472. The summed E-state index contributed by atoms with van der Waals surface area (Å²) in [6.45, 7) is 2.58. The van der Waals surface area contributed by atoms with E-state index in [1.807, 2.05) is 6.92 Å². The largest absolute Gasteiger partial charge is 0.355 e. The molecule has 3 heteroatoms. The van der Waals surface area contributed by atoms with Crippen molar-refractivity contribution < 1.29 is 4.79 Å². The highest BCUT2D eigenvalue weighted by Gasteiger charge is 2.03. The van der Waals surface area contributed by atoms with Crippen molar-refractivity contribution in [1.29, 1.82) is 0 Å². The second kappa shape index (κ2) is 8.58. The van der Waals surface area contributed by atoms with Gasteiger partial charge >= 0.3 is 0 Å². The van der Waals surface area contributed by atoms with Gasteiger partial charge in [0.05, 0.1) is 0 Å². The molecule has 0 fully saturated rings. The highest BCUT2D eigenvalue weighted by molar-refractivity contribution is 5.75. The zero-order valence-electron chi connectivity index (χ0n) is 8.88. The van der Waals surface area contributed by atoms with Crippen LogP contribution < -0.4 is 11.1 Å². The van der Waals surface area contributed by atoms with Crippen LogP contribution in [0.15, 0.2) is 0 Å². The fourth-order valence-electron chi connectivity index (χ4n) is 0.990. The van der Waals surface area contributed by atoms with Gasteiger partial charge in [0.15, 0.2) is 0 Å². The molecule has 0 heterocycles. The van der Waals surface area contributed by atoms with Gasteiger partial charge in [-0.05, 0) is 19.3 Å². The average molecular weight is 196 g/mol. The molecule has 0 radical (unpaired) electrons. The first-order chi connectivity index (χ1) is 6.70. The SMILES string of the molecule is C#CCCCCC(=O)NCC(N)CC. The van der Waals surface area contributed by atoms with Gasteiger partial charge in [-0.25, -0.2) is 0 Å². The van der Waals surface area contributed by atoms with E-state index >= 15 is 0 Å². The van der Waals surface area contributed by atoms with E-state index < -0.39 is 0 Å². The first kappa shape index (κ1) is 13.0. The third-order valence-corrected chi connectivity index (χ3v) is 2.06. The summed E-state index contributed by atoms with van der Waals surface area (Å²) in [5.74, 6) is 2.62. The lowest BCUT2D eigenvalue weighted by molar-refractivity contribution is -0.121. The Morgan fingerprint density at radius 2 is 2.29 bits per heavy atom. The molecule has 0 saturated heterocycles. The molecule has 0 rings (SSSR count). The Balaban J connectivity index is 3.33. The topological polar surface area (TPSA) is 55.1 Å². The number of carbonyl (C=O) groups excluding carboxylic acids is 1. The molecule has 1 unspecified atom stereocenters. The van der Waals surface area contributed by atoms with E-state index in [9.17, 15) is 4.79 Å². The smallest absolute Gasteiger partial charge is 0.220 e. The van der Waals surface area contributed by atoms with Crippen molar-refractivity contribution in [3.05, 3.63) is 0 Å². The van der Waals surface area contributed by atoms with E-state index in [-0.39, 0.29) is 11.9 Å². The molecule has 0 aromatic rings. The van der Waals surface area contributed by atoms with Crippen molar-refractivity contribution in [2.75, 3.05) is 6.54 Å². The second-order valence-electron chi connectivity index (χ2n) is 3.38. The van der Waals surface area contributed by atoms with Crippen molar-refractivity contribution in [2.24, 2.45) is 5.73 Å². The summed E-state index contributed by atoms with van der Waals surface area (Å²) >= 11 is 0. The van der Waals surface area contributed by atoms with E-state index in [0.717, 1.165) is 25.7 Å². The molecule has 80 valence electrons. The number of amides is 1. The van der Waals surface area contributed by atoms with Gasteiger partial charge in [0.1, 0.15) is 0 Å². The molecule has 1 atom stereocenters. The molecule has 0 aliphatic carbocycles. The van der Waals surface area contributed by atoms with Crippen molar-refractivity contribution >= 4 is 5.91 Å². The lowest BCUT2D eigenvalue weighted by Gasteiger charge is -2.09. The van der Waals surface area contributed by atoms with Crippen LogP contribution in [-0.2, 0) is 4.79 Å². The minimum Gasteiger partial charge on any atom is -0.355 e. The van der Waals surface area contributed by atoms with Gasteiger partial charge in [-0.15, -0.1) is 12.3 Å². The minimum atomic E-state index is 0.0738. The van der Waals surface area contributed by atoms with E-state index in [4.69, 9.17) is 12.2 Å². The molecule has 1 amide bonds. The summed E-state index contributed by atoms with van der Waals surface area (Å²) in [5.41, 5.74) is 5.66. The maximum absolute atomic E-state index is 11.2. The van der Waals surface area contributed by atoms with Crippen molar-refractivity contribution in [2.45, 2.75) is 45.1 Å². The van der Waals surface area contributed by atoms with Gasteiger partial charge in [0.2, 0.25) is 5.91 Å². The Kier molecular flexibility index (Phi) is 7.96. The number of unbranched alkanes of at least 4 members (excludes halogenated alkanes) is 2. The van der Waals surface area contributed by atoms with Crippen LogP contribution in [0.3, 0.4) is 0 Å². The number of hydrogen-bond acceptors (Lipinski definition) is 2. The molecule has 0 aromatic heterocycles. The van der Waals surface area contributed by atoms with Gasteiger partial charge in [-0.3, -0.25) is 4.79 Å². The van der Waals surface area contributed by atoms with E-state index in [0.29, 0.717) is 13.0 Å². The molecule has 0 spiro atoms. The third kappa shape index (κ3) is 7.63. The maximum Gasteiger partial charge on any atom is 0.220 e. The van der Waals surface area contributed by atoms with Gasteiger partial charge in [0, 0.05) is 25.4 Å². The second-order valence-corrected chi connectivity index (χ2v) is 3.38. The maximum atomic E-state index is 11.2. The van der Waals surface area contributed by atoms with Crippen LogP contribution in [0.25, 0.3) is 0 Å². The standard InChI is InChI=1S/C11H20N2O/c1-3-5-6-7-8-11(14)13-9-10(12)4-2/h1,10H,4-9,12H2,2H3,(H,13,14). The fraction of sp³-hybridized carbons (Fsp3) is 0.727. The van der Waals surface area contributed by atoms with Crippen molar-refractivity contribution in [3.8, 4) is 12.3 Å². The Hall–Kier alpha value is -1.01. The first-order valence-corrected chi connectivity index (χ1v) is 5.16. The molecule has 0 bridgehead atoms. The lowest BCUT2D eigenvalue weighted by atomic mass is 10.2. The molecule has 0 aliphatic heterocycles. The molecule has 0 saturated carbocycles. The van der Waals surface area contributed by atoms with E-state index in [2.05, 4.69) is 11.2 Å². The fourth-order valence-corrected chi connectivity index (χ4v) is 0.990. The monoisotopic (exact) mass is 196 g/mol. The number of nitrogens with one attached hydrogen (secondary N) is 1. The molecule has 0 aromatic carbocycles. The molecule has 0 aliphatic rings. The molecule has 3 N–H and O–H groups in total. The van der Waals surface area contributed by atoms with Crippen LogP contribution in [0.5, 0.6) is 0 Å². The van der Waals surface area contributed by atoms with E-state index in [1.54, 1.807) is 0 Å². The van der Waals surface area contributed by atoms with Crippen LogP contribution in [-0.4, -0.2) is 18.5 Å². The summed E-state index contributed by atoms with van der Waals surface area (Å²) in [6.07, 6.45) is 9.07. The summed E-state index contributed by atoms with van der Waals surface area (Å²) in [5, 5.41) is 2.79. The number of carbonyl (C=O) groups is 1. The third-order valence-electron chi connectivity index (χ3n) is 2.06. The number of hydrogen-bond donors (Lipinski definition) is 2. The molecule has 14 heavy (non-hydrogen) atoms. The van der Waals surface area contributed by atoms with E-state index in [1.165, 1.54) is 0 Å². The summed E-state index contributed by atoms with van der Waals surface area (Å²) < 4.78 is 0. The van der Waals surface area contributed by atoms with Gasteiger partial charge in [0.25, 0.3) is 0 Å². The Labute approximate surface area is 86.4 Å². The van der Waals surface area contributed by atoms with Crippen LogP contribution in [0.2, 0.25) is 0 Å². The Bertz CT molecular complexity index is 196. The zero-order valence-corrected chi connectivity index (χ0v) is 8.88. The molecular formula is C11H20N2O. The van der Waals surface area contributed by atoms with Crippen molar-refractivity contribution in [1.82, 2.24) is 5.32 Å². The van der Waals surface area contributed by atoms with Crippen LogP contribution in [0.1, 0.15) is 39.0 Å². The predicted octanol–water partition coefficient (Wildman–Crippen LogP) is 1.03. The van der Waals surface area contributed by atoms with Gasteiger partial charge in [-0.2, -0.15) is 0 Å². The predicted molar refractivity (Wildman–Crippen MR) is 58.6 cm³/mol. The number of rotatable bonds is 7. The van der Waals surface area contributed by atoms with Crippen LogP contribution >= 0.6 is 0 Å². The highest BCUT2D eigenvalue weighted by atomic mass is 16.1. The molecular weight excluding hydrogens is 176 g/mol. The van der Waals surface area contributed by atoms with Crippen molar-refractivity contribution in [3.63, 3.8) is 0 Å². The number of terminal acetylenes is 1. The number of nitrogens with two attached hydrogens (primary N) is 1. The summed E-state index contributed by atoms with van der Waals surface area (Å²) in [4.78, 5) is 11.2. The Morgan fingerprint density at radius 3 is 2.86 bits per heavy atom. The zero-order chi connectivity index (χ0) is 10.8. The molecule has 3 nitrogen and oxygen atoms in total. The average Bonchev–Trinajstić information content (AvgIpc) is 2.21. The minimum absolute atomic E-state index is 0.0738. The Morgan fingerprint density at radius 1 is 1.57 bits per heavy atom. The van der Waals surface area contributed by atoms with Gasteiger partial charge < -0.3 is 11.1 Å². The van der Waals surface area contributed by atoms with Crippen LogP contribution in [0, 0.1) is 12.3 Å². The lowest BCUT2D eigenvalue weighted by Crippen LogP contribution is -2.36. The highest BCUT2D eigenvalue weighted by Crippen LogP contribution is 1.98. The summed E-state index contributed by atoms with van der Waals surface area (Å²) in [6, 6.07) is 0.0738.